The predicted molar refractivity (Wildman–Crippen MR) is 134 cm³/mol. The second kappa shape index (κ2) is 9.33. The van der Waals surface area contributed by atoms with Crippen molar-refractivity contribution in [1.29, 1.82) is 0 Å². The van der Waals surface area contributed by atoms with Gasteiger partial charge in [-0.3, -0.25) is 4.79 Å². The SMILES string of the molecule is C=CC(=O)N1CCN(c2nc(OC)nc3c2CCN(C2=CC=Cc4cccc(C)c4C2)C3)CC1. The van der Waals surface area contributed by atoms with Crippen molar-refractivity contribution in [3.8, 4) is 6.01 Å². The summed E-state index contributed by atoms with van der Waals surface area (Å²) in [6, 6.07) is 6.90. The summed E-state index contributed by atoms with van der Waals surface area (Å²) in [6.07, 6.45) is 9.77. The van der Waals surface area contributed by atoms with Crippen molar-refractivity contribution in [1.82, 2.24) is 19.8 Å². The molecule has 2 aromatic rings. The fourth-order valence-electron chi connectivity index (χ4n) is 5.10. The molecule has 0 unspecified atom stereocenters. The minimum absolute atomic E-state index is 0.0138. The van der Waals surface area contributed by atoms with Gasteiger partial charge in [-0.1, -0.05) is 36.9 Å². The third-order valence-electron chi connectivity index (χ3n) is 7.05. The lowest BCUT2D eigenvalue weighted by atomic mass is 9.97. The van der Waals surface area contributed by atoms with E-state index in [1.807, 2.05) is 4.90 Å². The Morgan fingerprint density at radius 1 is 1.09 bits per heavy atom. The average molecular weight is 458 g/mol. The number of carbonyl (C=O) groups is 1. The topological polar surface area (TPSA) is 61.8 Å². The van der Waals surface area contributed by atoms with Gasteiger partial charge in [0.05, 0.1) is 19.3 Å². The third kappa shape index (κ3) is 4.18. The van der Waals surface area contributed by atoms with Gasteiger partial charge in [0.15, 0.2) is 0 Å². The zero-order valence-electron chi connectivity index (χ0n) is 20.0. The molecule has 0 N–H and O–H groups in total. The lowest BCUT2D eigenvalue weighted by Crippen LogP contribution is -2.49. The van der Waals surface area contributed by atoms with Crippen LogP contribution >= 0.6 is 0 Å². The van der Waals surface area contributed by atoms with E-state index in [0.717, 1.165) is 50.5 Å². The number of aryl methyl sites for hydroxylation is 1. The van der Waals surface area contributed by atoms with Gasteiger partial charge < -0.3 is 19.4 Å². The van der Waals surface area contributed by atoms with Crippen LogP contribution in [0.25, 0.3) is 6.08 Å². The molecule has 1 aromatic heterocycles. The summed E-state index contributed by atoms with van der Waals surface area (Å²) < 4.78 is 5.48. The molecule has 0 atom stereocenters. The highest BCUT2D eigenvalue weighted by Crippen LogP contribution is 2.32. The van der Waals surface area contributed by atoms with Crippen molar-refractivity contribution in [2.45, 2.75) is 26.3 Å². The van der Waals surface area contributed by atoms with E-state index in [2.05, 4.69) is 59.7 Å². The molecule has 1 fully saturated rings. The zero-order valence-corrected chi connectivity index (χ0v) is 20.0. The Morgan fingerprint density at radius 3 is 2.68 bits per heavy atom. The number of aromatic nitrogens is 2. The summed E-state index contributed by atoms with van der Waals surface area (Å²) in [6.45, 7) is 10.3. The van der Waals surface area contributed by atoms with Gasteiger partial charge in [-0.2, -0.15) is 9.97 Å². The number of carbonyl (C=O) groups excluding carboxylic acids is 1. The van der Waals surface area contributed by atoms with E-state index in [9.17, 15) is 4.79 Å². The number of benzene rings is 1. The number of amides is 1. The summed E-state index contributed by atoms with van der Waals surface area (Å²) in [7, 11) is 1.62. The minimum atomic E-state index is -0.0138. The molecule has 5 rings (SSSR count). The van der Waals surface area contributed by atoms with Crippen LogP contribution in [0.3, 0.4) is 0 Å². The first-order valence-corrected chi connectivity index (χ1v) is 11.9. The van der Waals surface area contributed by atoms with Crippen molar-refractivity contribution in [2.24, 2.45) is 0 Å². The Labute approximate surface area is 201 Å². The summed E-state index contributed by atoms with van der Waals surface area (Å²) in [5.41, 5.74) is 7.54. The molecule has 7 heteroatoms. The van der Waals surface area contributed by atoms with Crippen LogP contribution in [0.4, 0.5) is 5.82 Å². The Bertz CT molecular complexity index is 1180. The van der Waals surface area contributed by atoms with Crippen LogP contribution in [0.2, 0.25) is 0 Å². The normalized spacial score (nSPS) is 17.5. The Hall–Kier alpha value is -3.61. The van der Waals surface area contributed by atoms with Crippen LogP contribution in [-0.4, -0.2) is 65.5 Å². The van der Waals surface area contributed by atoms with Gasteiger partial charge in [0.1, 0.15) is 5.82 Å². The smallest absolute Gasteiger partial charge is 0.318 e. The van der Waals surface area contributed by atoms with Crippen LogP contribution in [-0.2, 0) is 24.2 Å². The molecule has 1 amide bonds. The largest absolute Gasteiger partial charge is 0.467 e. The van der Waals surface area contributed by atoms with Crippen molar-refractivity contribution in [2.75, 3.05) is 44.7 Å². The molecule has 1 aromatic carbocycles. The van der Waals surface area contributed by atoms with Crippen molar-refractivity contribution >= 4 is 17.8 Å². The highest BCUT2D eigenvalue weighted by Gasteiger charge is 2.29. The molecule has 0 radical (unpaired) electrons. The first kappa shape index (κ1) is 22.2. The maximum absolute atomic E-state index is 12.0. The number of methoxy groups -OCH3 is 1. The number of rotatable bonds is 4. The van der Waals surface area contributed by atoms with Gasteiger partial charge in [0.25, 0.3) is 0 Å². The van der Waals surface area contributed by atoms with Crippen molar-refractivity contribution in [3.05, 3.63) is 76.7 Å². The number of hydrogen-bond acceptors (Lipinski definition) is 6. The number of allylic oxidation sites excluding steroid dienone is 3. The molecular formula is C27H31N5O2. The molecular weight excluding hydrogens is 426 g/mol. The second-order valence-corrected chi connectivity index (χ2v) is 8.98. The number of nitrogens with zero attached hydrogens (tertiary/aromatic N) is 5. The molecule has 176 valence electrons. The van der Waals surface area contributed by atoms with Crippen LogP contribution in [0.15, 0.2) is 48.7 Å². The number of anilines is 1. The van der Waals surface area contributed by atoms with Gasteiger partial charge in [-0.25, -0.2) is 0 Å². The summed E-state index contributed by atoms with van der Waals surface area (Å²) >= 11 is 0. The highest BCUT2D eigenvalue weighted by atomic mass is 16.5. The minimum Gasteiger partial charge on any atom is -0.467 e. The van der Waals surface area contributed by atoms with E-state index in [4.69, 9.17) is 14.7 Å². The van der Waals surface area contributed by atoms with Crippen LogP contribution in [0.5, 0.6) is 6.01 Å². The Morgan fingerprint density at radius 2 is 1.91 bits per heavy atom. The summed E-state index contributed by atoms with van der Waals surface area (Å²) in [5, 5.41) is 0. The second-order valence-electron chi connectivity index (χ2n) is 8.98. The Kier molecular flexibility index (Phi) is 6.09. The maximum atomic E-state index is 12.0. The molecule has 1 aliphatic carbocycles. The lowest BCUT2D eigenvalue weighted by Gasteiger charge is -2.38. The predicted octanol–water partition coefficient (Wildman–Crippen LogP) is 3.14. The van der Waals surface area contributed by atoms with Crippen molar-refractivity contribution in [3.63, 3.8) is 0 Å². The molecule has 7 nitrogen and oxygen atoms in total. The fourth-order valence-corrected chi connectivity index (χ4v) is 5.10. The number of fused-ring (bicyclic) bond motifs is 2. The third-order valence-corrected chi connectivity index (χ3v) is 7.05. The van der Waals surface area contributed by atoms with Crippen LogP contribution < -0.4 is 9.64 Å². The molecule has 0 spiro atoms. The zero-order chi connectivity index (χ0) is 23.7. The number of hydrogen-bond donors (Lipinski definition) is 0. The van der Waals surface area contributed by atoms with E-state index in [-0.39, 0.29) is 5.91 Å². The van der Waals surface area contributed by atoms with Gasteiger partial charge in [-0.05, 0) is 42.2 Å². The number of ether oxygens (including phenoxy) is 1. The first-order valence-electron chi connectivity index (χ1n) is 11.9. The lowest BCUT2D eigenvalue weighted by molar-refractivity contribution is -0.126. The summed E-state index contributed by atoms with van der Waals surface area (Å²) in [4.78, 5) is 28.0. The summed E-state index contributed by atoms with van der Waals surface area (Å²) in [5.74, 6) is 0.934. The van der Waals surface area contributed by atoms with Gasteiger partial charge in [0, 0.05) is 50.4 Å². The van der Waals surface area contributed by atoms with E-state index < -0.39 is 0 Å². The van der Waals surface area contributed by atoms with E-state index in [1.54, 1.807) is 7.11 Å². The monoisotopic (exact) mass is 457 g/mol. The molecule has 2 aliphatic heterocycles. The standard InChI is InChI=1S/C27H31N5O2/c1-4-25(33)30-13-15-31(16-14-30)26-22-11-12-32(18-24(22)28-27(29-26)34-3)21-10-6-9-20-8-5-7-19(2)23(20)17-21/h4-10H,1,11-18H2,2-3H3. The van der Waals surface area contributed by atoms with E-state index in [1.165, 1.54) is 34.0 Å². The van der Waals surface area contributed by atoms with Crippen molar-refractivity contribution < 1.29 is 9.53 Å². The van der Waals surface area contributed by atoms with E-state index >= 15 is 0 Å². The molecule has 1 saturated heterocycles. The molecule has 3 heterocycles. The Balaban J connectivity index is 1.39. The fraction of sp³-hybridized carbons (Fsp3) is 0.370. The molecule has 3 aliphatic rings. The average Bonchev–Trinajstić information content (AvgIpc) is 3.11. The van der Waals surface area contributed by atoms with E-state index in [0.29, 0.717) is 19.1 Å². The van der Waals surface area contributed by atoms with Gasteiger partial charge in [0.2, 0.25) is 5.91 Å². The molecule has 0 bridgehead atoms. The maximum Gasteiger partial charge on any atom is 0.318 e. The van der Waals surface area contributed by atoms with Gasteiger partial charge >= 0.3 is 6.01 Å². The van der Waals surface area contributed by atoms with Gasteiger partial charge in [-0.15, -0.1) is 0 Å². The molecule has 34 heavy (non-hydrogen) atoms. The molecule has 0 saturated carbocycles. The number of piperazine rings is 1. The van der Waals surface area contributed by atoms with Crippen LogP contribution in [0.1, 0.15) is 27.9 Å². The quantitative estimate of drug-likeness (QED) is 0.658. The highest BCUT2D eigenvalue weighted by molar-refractivity contribution is 5.87. The van der Waals surface area contributed by atoms with Crippen LogP contribution in [0, 0.1) is 6.92 Å². The first-order chi connectivity index (χ1) is 16.6.